The number of urea groups is 1. The molecule has 0 radical (unpaired) electrons. The van der Waals surface area contributed by atoms with Gasteiger partial charge in [0, 0.05) is 6.42 Å². The van der Waals surface area contributed by atoms with Gasteiger partial charge in [-0.2, -0.15) is 13.2 Å². The largest absolute Gasteiger partial charge is 0.481 e. The van der Waals surface area contributed by atoms with E-state index in [4.69, 9.17) is 10.2 Å². The molecule has 18 heavy (non-hydrogen) atoms. The summed E-state index contributed by atoms with van der Waals surface area (Å²) in [5.74, 6) is -2.81. The third-order valence-electron chi connectivity index (χ3n) is 1.70. The molecule has 7 nitrogen and oxygen atoms in total. The van der Waals surface area contributed by atoms with Gasteiger partial charge in [-0.25, -0.2) is 9.59 Å². The minimum Gasteiger partial charge on any atom is -0.481 e. The average molecular weight is 272 g/mol. The number of hydrogen-bond acceptors (Lipinski definition) is 3. The monoisotopic (exact) mass is 272 g/mol. The second-order valence-electron chi connectivity index (χ2n) is 3.27. The minimum absolute atomic E-state index is 0.426. The zero-order valence-electron chi connectivity index (χ0n) is 8.95. The maximum absolute atomic E-state index is 11.7. The molecule has 10 heteroatoms. The molecule has 0 fully saturated rings. The molecule has 0 bridgehead atoms. The molecule has 0 aliphatic carbocycles. The molecule has 104 valence electrons. The van der Waals surface area contributed by atoms with Crippen LogP contribution in [0.25, 0.3) is 0 Å². The van der Waals surface area contributed by atoms with Crippen molar-refractivity contribution in [2.75, 3.05) is 6.54 Å². The van der Waals surface area contributed by atoms with Gasteiger partial charge in [0.05, 0.1) is 0 Å². The summed E-state index contributed by atoms with van der Waals surface area (Å²) >= 11 is 0. The van der Waals surface area contributed by atoms with E-state index < -0.39 is 49.6 Å². The van der Waals surface area contributed by atoms with Crippen LogP contribution in [0, 0.1) is 0 Å². The summed E-state index contributed by atoms with van der Waals surface area (Å²) in [4.78, 5) is 31.7. The van der Waals surface area contributed by atoms with E-state index in [0.717, 1.165) is 0 Å². The molecule has 1 unspecified atom stereocenters. The van der Waals surface area contributed by atoms with Crippen LogP contribution in [-0.4, -0.2) is 46.9 Å². The lowest BCUT2D eigenvalue weighted by Crippen LogP contribution is -2.48. The van der Waals surface area contributed by atoms with Crippen molar-refractivity contribution in [2.45, 2.75) is 25.1 Å². The predicted molar refractivity (Wildman–Crippen MR) is 50.9 cm³/mol. The number of carbonyl (C=O) groups excluding carboxylic acids is 1. The molecule has 0 aromatic rings. The van der Waals surface area contributed by atoms with Crippen LogP contribution in [0.5, 0.6) is 0 Å². The van der Waals surface area contributed by atoms with E-state index in [1.807, 2.05) is 0 Å². The lowest BCUT2D eigenvalue weighted by atomic mass is 10.1. The first-order valence-electron chi connectivity index (χ1n) is 4.67. The first-order valence-corrected chi connectivity index (χ1v) is 4.67. The van der Waals surface area contributed by atoms with Crippen LogP contribution in [0.3, 0.4) is 0 Å². The Balaban J connectivity index is 4.20. The Morgan fingerprint density at radius 1 is 1.17 bits per heavy atom. The number of nitrogens with one attached hydrogen (secondary N) is 2. The minimum atomic E-state index is -4.61. The lowest BCUT2D eigenvalue weighted by Gasteiger charge is -2.15. The number of alkyl halides is 3. The number of carbonyl (C=O) groups is 3. The van der Waals surface area contributed by atoms with Gasteiger partial charge in [-0.15, -0.1) is 0 Å². The summed E-state index contributed by atoms with van der Waals surface area (Å²) in [6, 6.07) is -2.89. The van der Waals surface area contributed by atoms with Crippen molar-refractivity contribution in [2.24, 2.45) is 0 Å². The van der Waals surface area contributed by atoms with Crippen LogP contribution in [0.1, 0.15) is 12.8 Å². The van der Waals surface area contributed by atoms with E-state index in [9.17, 15) is 27.6 Å². The number of carboxylic acids is 2. The van der Waals surface area contributed by atoms with Crippen LogP contribution in [0.4, 0.5) is 18.0 Å². The summed E-state index contributed by atoms with van der Waals surface area (Å²) in [6.45, 7) is -1.61. The van der Waals surface area contributed by atoms with Gasteiger partial charge in [0.1, 0.15) is 12.6 Å². The zero-order valence-corrected chi connectivity index (χ0v) is 8.95. The van der Waals surface area contributed by atoms with Crippen molar-refractivity contribution in [1.29, 1.82) is 0 Å². The highest BCUT2D eigenvalue weighted by Crippen LogP contribution is 2.12. The molecule has 0 rings (SSSR count). The number of rotatable bonds is 6. The van der Waals surface area contributed by atoms with Gasteiger partial charge in [-0.3, -0.25) is 4.79 Å². The van der Waals surface area contributed by atoms with E-state index in [2.05, 4.69) is 0 Å². The van der Waals surface area contributed by atoms with Crippen LogP contribution in [0.2, 0.25) is 0 Å². The van der Waals surface area contributed by atoms with Crippen LogP contribution in [-0.2, 0) is 9.59 Å². The second kappa shape index (κ2) is 6.67. The maximum Gasteiger partial charge on any atom is 0.405 e. The Bertz CT molecular complexity index is 331. The van der Waals surface area contributed by atoms with Gasteiger partial charge in [-0.1, -0.05) is 0 Å². The van der Waals surface area contributed by atoms with Gasteiger partial charge < -0.3 is 20.8 Å². The molecule has 0 saturated heterocycles. The van der Waals surface area contributed by atoms with E-state index in [1.54, 1.807) is 5.32 Å². The fourth-order valence-electron chi connectivity index (χ4n) is 0.915. The Hall–Kier alpha value is -2.00. The van der Waals surface area contributed by atoms with Crippen molar-refractivity contribution in [3.05, 3.63) is 0 Å². The van der Waals surface area contributed by atoms with E-state index in [0.29, 0.717) is 0 Å². The van der Waals surface area contributed by atoms with Gasteiger partial charge >= 0.3 is 24.1 Å². The predicted octanol–water partition coefficient (Wildman–Crippen LogP) is 0.166. The van der Waals surface area contributed by atoms with Crippen LogP contribution >= 0.6 is 0 Å². The van der Waals surface area contributed by atoms with Crippen molar-refractivity contribution < 1.29 is 37.8 Å². The van der Waals surface area contributed by atoms with Crippen molar-refractivity contribution in [3.63, 3.8) is 0 Å². The normalized spacial score (nSPS) is 12.6. The summed E-state index contributed by atoms with van der Waals surface area (Å²) in [5, 5.41) is 20.1. The highest BCUT2D eigenvalue weighted by Gasteiger charge is 2.28. The fraction of sp³-hybridized carbons (Fsp3) is 0.625. The molecule has 0 aromatic carbocycles. The highest BCUT2D eigenvalue weighted by atomic mass is 19.4. The maximum atomic E-state index is 11.7. The van der Waals surface area contributed by atoms with Gasteiger partial charge in [-0.05, 0) is 6.42 Å². The lowest BCUT2D eigenvalue weighted by molar-refractivity contribution is -0.140. The van der Waals surface area contributed by atoms with Crippen molar-refractivity contribution in [3.8, 4) is 0 Å². The SMILES string of the molecule is O=C(O)CCC(NC(=O)NCC(F)(F)F)C(=O)O. The third kappa shape index (κ3) is 8.19. The van der Waals surface area contributed by atoms with Gasteiger partial charge in [0.15, 0.2) is 0 Å². The number of hydrogen-bond donors (Lipinski definition) is 4. The van der Waals surface area contributed by atoms with Crippen molar-refractivity contribution in [1.82, 2.24) is 10.6 Å². The van der Waals surface area contributed by atoms with Gasteiger partial charge in [0.2, 0.25) is 0 Å². The quantitative estimate of drug-likeness (QED) is 0.550. The Morgan fingerprint density at radius 3 is 2.11 bits per heavy atom. The average Bonchev–Trinajstić information content (AvgIpc) is 2.19. The molecule has 0 aliphatic heterocycles. The molecule has 0 aliphatic rings. The fourth-order valence-corrected chi connectivity index (χ4v) is 0.915. The third-order valence-corrected chi connectivity index (χ3v) is 1.70. The molecular weight excluding hydrogens is 261 g/mol. The summed E-state index contributed by atoms with van der Waals surface area (Å²) in [6.07, 6.45) is -5.57. The molecule has 0 aromatic heterocycles. The number of amides is 2. The van der Waals surface area contributed by atoms with E-state index in [1.165, 1.54) is 5.32 Å². The number of aliphatic carboxylic acids is 2. The Kier molecular flexibility index (Phi) is 5.93. The summed E-state index contributed by atoms with van der Waals surface area (Å²) in [5.41, 5.74) is 0. The standard InChI is InChI=1S/C8H11F3N2O5/c9-8(10,11)3-12-7(18)13-4(6(16)17)1-2-5(14)15/h4H,1-3H2,(H,14,15)(H,16,17)(H2,12,13,18). The number of halogens is 3. The smallest absolute Gasteiger partial charge is 0.405 e. The molecule has 2 amide bonds. The first kappa shape index (κ1) is 16.0. The zero-order chi connectivity index (χ0) is 14.3. The molecule has 0 spiro atoms. The Labute approximate surface area is 99.0 Å². The van der Waals surface area contributed by atoms with Crippen LogP contribution in [0.15, 0.2) is 0 Å². The van der Waals surface area contributed by atoms with Crippen LogP contribution < -0.4 is 10.6 Å². The van der Waals surface area contributed by atoms with E-state index >= 15 is 0 Å². The second-order valence-corrected chi connectivity index (χ2v) is 3.27. The molecule has 4 N–H and O–H groups in total. The molecule has 0 saturated carbocycles. The van der Waals surface area contributed by atoms with E-state index in [-0.39, 0.29) is 0 Å². The molecule has 0 heterocycles. The topological polar surface area (TPSA) is 116 Å². The van der Waals surface area contributed by atoms with Gasteiger partial charge in [0.25, 0.3) is 0 Å². The molecular formula is C8H11F3N2O5. The first-order chi connectivity index (χ1) is 8.11. The summed E-state index contributed by atoms with van der Waals surface area (Å²) in [7, 11) is 0. The number of carboxylic acid groups (broad SMARTS) is 2. The highest BCUT2D eigenvalue weighted by molar-refractivity contribution is 5.83. The summed E-state index contributed by atoms with van der Waals surface area (Å²) < 4.78 is 35.2. The van der Waals surface area contributed by atoms with Crippen molar-refractivity contribution >= 4 is 18.0 Å². The Morgan fingerprint density at radius 2 is 1.72 bits per heavy atom. The molecule has 1 atom stereocenters.